The lowest BCUT2D eigenvalue weighted by Gasteiger charge is -2.30. The van der Waals surface area contributed by atoms with Gasteiger partial charge in [-0.3, -0.25) is 10.1 Å². The molecular formula is C17H26N2O3. The number of benzene rings is 1. The molecule has 0 bridgehead atoms. The molecule has 0 saturated carbocycles. The average molecular weight is 306 g/mol. The van der Waals surface area contributed by atoms with E-state index < -0.39 is 0 Å². The van der Waals surface area contributed by atoms with Crippen LogP contribution in [0.5, 0.6) is 5.75 Å². The van der Waals surface area contributed by atoms with Gasteiger partial charge in [0.1, 0.15) is 5.75 Å². The second-order valence-electron chi connectivity index (χ2n) is 5.55. The zero-order valence-corrected chi connectivity index (χ0v) is 13.7. The van der Waals surface area contributed by atoms with Crippen LogP contribution in [0.1, 0.15) is 32.4 Å². The van der Waals surface area contributed by atoms with Gasteiger partial charge in [-0.15, -0.1) is 0 Å². The highest BCUT2D eigenvalue weighted by Crippen LogP contribution is 2.18. The van der Waals surface area contributed by atoms with Crippen LogP contribution in [-0.4, -0.2) is 49.8 Å². The molecule has 0 aromatic heterocycles. The van der Waals surface area contributed by atoms with Crippen molar-refractivity contribution in [1.29, 1.82) is 0 Å². The van der Waals surface area contributed by atoms with Crippen LogP contribution in [0.2, 0.25) is 0 Å². The monoisotopic (exact) mass is 306 g/mol. The first-order chi connectivity index (χ1) is 10.6. The molecule has 0 radical (unpaired) electrons. The smallest absolute Gasteiger partial charge is 0.239 e. The van der Waals surface area contributed by atoms with Crippen LogP contribution < -0.4 is 10.1 Å². The fraction of sp³-hybridized carbons (Fsp3) is 0.588. The third kappa shape index (κ3) is 4.45. The van der Waals surface area contributed by atoms with Crippen LogP contribution in [-0.2, 0) is 9.53 Å². The average Bonchev–Trinajstić information content (AvgIpc) is 2.55. The van der Waals surface area contributed by atoms with Crippen LogP contribution in [0.25, 0.3) is 0 Å². The third-order valence-electron chi connectivity index (χ3n) is 3.88. The van der Waals surface area contributed by atoms with E-state index in [1.165, 1.54) is 0 Å². The summed E-state index contributed by atoms with van der Waals surface area (Å²) in [6.45, 7) is 9.25. The number of morpholine rings is 1. The minimum Gasteiger partial charge on any atom is -0.494 e. The third-order valence-corrected chi connectivity index (χ3v) is 3.88. The number of ether oxygens (including phenoxy) is 2. The van der Waals surface area contributed by atoms with Gasteiger partial charge >= 0.3 is 0 Å². The van der Waals surface area contributed by atoms with Gasteiger partial charge in [-0.05, 0) is 38.5 Å². The number of hydrogen-bond donors (Lipinski definition) is 1. The van der Waals surface area contributed by atoms with Crippen molar-refractivity contribution in [1.82, 2.24) is 10.2 Å². The van der Waals surface area contributed by atoms with Gasteiger partial charge in [0.15, 0.2) is 0 Å². The molecule has 1 saturated heterocycles. The Hall–Kier alpha value is -1.59. The maximum absolute atomic E-state index is 12.4. The molecule has 1 N–H and O–H groups in total. The first kappa shape index (κ1) is 16.8. The van der Waals surface area contributed by atoms with E-state index in [0.29, 0.717) is 32.9 Å². The second-order valence-corrected chi connectivity index (χ2v) is 5.55. The molecule has 0 unspecified atom stereocenters. The number of amides is 1. The lowest BCUT2D eigenvalue weighted by molar-refractivity contribution is -0.137. The van der Waals surface area contributed by atoms with E-state index in [1.54, 1.807) is 0 Å². The molecule has 5 nitrogen and oxygen atoms in total. The Balaban J connectivity index is 1.89. The molecule has 1 fully saturated rings. The van der Waals surface area contributed by atoms with Crippen molar-refractivity contribution in [2.45, 2.75) is 32.9 Å². The van der Waals surface area contributed by atoms with Crippen LogP contribution >= 0.6 is 0 Å². The molecule has 1 aromatic rings. The van der Waals surface area contributed by atoms with E-state index in [4.69, 9.17) is 9.47 Å². The van der Waals surface area contributed by atoms with Crippen molar-refractivity contribution in [3.63, 3.8) is 0 Å². The molecular weight excluding hydrogens is 280 g/mol. The van der Waals surface area contributed by atoms with Crippen molar-refractivity contribution < 1.29 is 14.3 Å². The Bertz CT molecular complexity index is 469. The lowest BCUT2D eigenvalue weighted by Crippen LogP contribution is -2.49. The Morgan fingerprint density at radius 2 is 1.91 bits per heavy atom. The molecule has 1 heterocycles. The number of nitrogens with zero attached hydrogens (tertiary/aromatic N) is 1. The van der Waals surface area contributed by atoms with Crippen LogP contribution in [0.4, 0.5) is 0 Å². The van der Waals surface area contributed by atoms with Gasteiger partial charge in [0.05, 0.1) is 25.9 Å². The Labute approximate surface area is 132 Å². The van der Waals surface area contributed by atoms with Gasteiger partial charge in [-0.25, -0.2) is 0 Å². The molecule has 2 rings (SSSR count). The summed E-state index contributed by atoms with van der Waals surface area (Å²) in [4.78, 5) is 14.3. The maximum atomic E-state index is 12.4. The molecule has 22 heavy (non-hydrogen) atoms. The van der Waals surface area contributed by atoms with Gasteiger partial charge in [0, 0.05) is 19.1 Å². The predicted molar refractivity (Wildman–Crippen MR) is 86.0 cm³/mol. The number of carbonyl (C=O) groups is 1. The molecule has 1 amide bonds. The minimum atomic E-state index is -0.209. The maximum Gasteiger partial charge on any atom is 0.239 e. The first-order valence-electron chi connectivity index (χ1n) is 7.97. The van der Waals surface area contributed by atoms with Gasteiger partial charge in [-0.1, -0.05) is 12.1 Å². The molecule has 122 valence electrons. The fourth-order valence-corrected chi connectivity index (χ4v) is 2.62. The van der Waals surface area contributed by atoms with E-state index >= 15 is 0 Å². The summed E-state index contributed by atoms with van der Waals surface area (Å²) in [6, 6.07) is 7.90. The van der Waals surface area contributed by atoms with Crippen LogP contribution in [0, 0.1) is 0 Å². The SMILES string of the molecule is CCOc1ccc([C@H](C)N[C@H](C)C(=O)N2CCOCC2)cc1. The minimum absolute atomic E-state index is 0.107. The van der Waals surface area contributed by atoms with E-state index in [9.17, 15) is 4.79 Å². The molecule has 2 atom stereocenters. The zero-order valence-electron chi connectivity index (χ0n) is 13.7. The summed E-state index contributed by atoms with van der Waals surface area (Å²) < 4.78 is 10.7. The molecule has 1 aliphatic rings. The van der Waals surface area contributed by atoms with Gasteiger partial charge < -0.3 is 14.4 Å². The molecule has 0 spiro atoms. The van der Waals surface area contributed by atoms with E-state index in [0.717, 1.165) is 11.3 Å². The van der Waals surface area contributed by atoms with Gasteiger partial charge in [0.2, 0.25) is 5.91 Å². The lowest BCUT2D eigenvalue weighted by atomic mass is 10.1. The Morgan fingerprint density at radius 1 is 1.27 bits per heavy atom. The van der Waals surface area contributed by atoms with Gasteiger partial charge in [0.25, 0.3) is 0 Å². The van der Waals surface area contributed by atoms with Crippen molar-refractivity contribution in [2.75, 3.05) is 32.9 Å². The predicted octanol–water partition coefficient (Wildman–Crippen LogP) is 1.98. The molecule has 0 aliphatic carbocycles. The summed E-state index contributed by atoms with van der Waals surface area (Å²) in [7, 11) is 0. The quantitative estimate of drug-likeness (QED) is 0.873. The summed E-state index contributed by atoms with van der Waals surface area (Å²) in [6.07, 6.45) is 0. The van der Waals surface area contributed by atoms with Crippen molar-refractivity contribution in [2.24, 2.45) is 0 Å². The highest BCUT2D eigenvalue weighted by molar-refractivity contribution is 5.81. The number of nitrogens with one attached hydrogen (secondary N) is 1. The van der Waals surface area contributed by atoms with Crippen molar-refractivity contribution in [3.8, 4) is 5.75 Å². The number of carbonyl (C=O) groups excluding carboxylic acids is 1. The van der Waals surface area contributed by atoms with E-state index in [2.05, 4.69) is 12.2 Å². The van der Waals surface area contributed by atoms with Crippen LogP contribution in [0.3, 0.4) is 0 Å². The number of hydrogen-bond acceptors (Lipinski definition) is 4. The summed E-state index contributed by atoms with van der Waals surface area (Å²) >= 11 is 0. The number of rotatable bonds is 6. The zero-order chi connectivity index (χ0) is 15.9. The molecule has 5 heteroatoms. The van der Waals surface area contributed by atoms with E-state index in [-0.39, 0.29) is 18.0 Å². The Kier molecular flexibility index (Phi) is 6.21. The highest BCUT2D eigenvalue weighted by atomic mass is 16.5. The summed E-state index contributed by atoms with van der Waals surface area (Å²) in [5.74, 6) is 1.01. The topological polar surface area (TPSA) is 50.8 Å². The van der Waals surface area contributed by atoms with Crippen molar-refractivity contribution >= 4 is 5.91 Å². The Morgan fingerprint density at radius 3 is 2.50 bits per heavy atom. The second kappa shape index (κ2) is 8.15. The highest BCUT2D eigenvalue weighted by Gasteiger charge is 2.23. The van der Waals surface area contributed by atoms with Crippen LogP contribution in [0.15, 0.2) is 24.3 Å². The van der Waals surface area contributed by atoms with E-state index in [1.807, 2.05) is 43.0 Å². The summed E-state index contributed by atoms with van der Waals surface area (Å²) in [5, 5.41) is 3.37. The fourth-order valence-electron chi connectivity index (χ4n) is 2.62. The standard InChI is InChI=1S/C17H26N2O3/c1-4-22-16-7-5-15(6-8-16)13(2)18-14(3)17(20)19-9-11-21-12-10-19/h5-8,13-14,18H,4,9-12H2,1-3H3/t13-,14+/m0/s1. The molecule has 1 aliphatic heterocycles. The summed E-state index contributed by atoms with van der Waals surface area (Å²) in [5.41, 5.74) is 1.14. The first-order valence-corrected chi connectivity index (χ1v) is 7.97. The largest absolute Gasteiger partial charge is 0.494 e. The van der Waals surface area contributed by atoms with Gasteiger partial charge in [-0.2, -0.15) is 0 Å². The van der Waals surface area contributed by atoms with Crippen molar-refractivity contribution in [3.05, 3.63) is 29.8 Å². The molecule has 1 aromatic carbocycles. The normalized spacial score (nSPS) is 17.9.